The molecule has 0 bridgehead atoms. The van der Waals surface area contributed by atoms with Crippen LogP contribution in [0.25, 0.3) is 0 Å². The van der Waals surface area contributed by atoms with Gasteiger partial charge >= 0.3 is 0 Å². The predicted octanol–water partition coefficient (Wildman–Crippen LogP) is 3.12. The van der Waals surface area contributed by atoms with Crippen molar-refractivity contribution in [1.82, 2.24) is 9.55 Å². The molecule has 4 nitrogen and oxygen atoms in total. The number of carbonyl (C=O) groups is 1. The van der Waals surface area contributed by atoms with Crippen LogP contribution in [0.5, 0.6) is 5.75 Å². The van der Waals surface area contributed by atoms with E-state index in [2.05, 4.69) is 11.9 Å². The molecule has 1 aromatic heterocycles. The number of nitrogens with zero attached hydrogens (tertiary/aromatic N) is 2. The third-order valence-corrected chi connectivity index (χ3v) is 3.07. The number of hydrogen-bond acceptors (Lipinski definition) is 3. The first-order valence-electron chi connectivity index (χ1n) is 7.00. The van der Waals surface area contributed by atoms with Gasteiger partial charge in [0, 0.05) is 24.5 Å². The van der Waals surface area contributed by atoms with Crippen molar-refractivity contribution in [2.75, 3.05) is 6.61 Å². The summed E-state index contributed by atoms with van der Waals surface area (Å²) in [7, 11) is 0. The second-order valence-electron chi connectivity index (χ2n) is 4.59. The Bertz CT molecular complexity index is 558. The summed E-state index contributed by atoms with van der Waals surface area (Å²) in [6.07, 6.45) is 5.03. The van der Waals surface area contributed by atoms with Gasteiger partial charge in [0.1, 0.15) is 11.6 Å². The van der Waals surface area contributed by atoms with Gasteiger partial charge in [0.25, 0.3) is 0 Å². The van der Waals surface area contributed by atoms with E-state index in [1.54, 1.807) is 18.3 Å². The molecule has 0 atom stereocenters. The number of imidazole rings is 1. The highest BCUT2D eigenvalue weighted by molar-refractivity contribution is 5.97. The van der Waals surface area contributed by atoms with Crippen LogP contribution in [0.15, 0.2) is 36.7 Å². The van der Waals surface area contributed by atoms with Gasteiger partial charge in [-0.3, -0.25) is 4.79 Å². The summed E-state index contributed by atoms with van der Waals surface area (Å²) in [6, 6.07) is 7.27. The van der Waals surface area contributed by atoms with E-state index in [1.165, 1.54) is 0 Å². The molecule has 1 heterocycles. The smallest absolute Gasteiger partial charge is 0.170 e. The van der Waals surface area contributed by atoms with E-state index in [1.807, 2.05) is 29.8 Å². The van der Waals surface area contributed by atoms with Gasteiger partial charge in [-0.1, -0.05) is 6.92 Å². The molecule has 0 spiro atoms. The SMILES string of the molecule is CCCn1ccnc1CC(=O)c1ccc(OCC)cc1. The summed E-state index contributed by atoms with van der Waals surface area (Å²) >= 11 is 0. The summed E-state index contributed by atoms with van der Waals surface area (Å²) in [5.41, 5.74) is 0.694. The van der Waals surface area contributed by atoms with Crippen LogP contribution < -0.4 is 4.74 Å². The molecule has 0 saturated heterocycles. The number of benzene rings is 1. The molecule has 0 fully saturated rings. The van der Waals surface area contributed by atoms with E-state index in [0.29, 0.717) is 18.6 Å². The molecule has 0 amide bonds. The number of hydrogen-bond donors (Lipinski definition) is 0. The maximum Gasteiger partial charge on any atom is 0.170 e. The predicted molar refractivity (Wildman–Crippen MR) is 78.2 cm³/mol. The van der Waals surface area contributed by atoms with Crippen molar-refractivity contribution in [3.8, 4) is 5.75 Å². The van der Waals surface area contributed by atoms with E-state index >= 15 is 0 Å². The molecular weight excluding hydrogens is 252 g/mol. The Morgan fingerprint density at radius 1 is 1.25 bits per heavy atom. The molecule has 0 aliphatic carbocycles. The highest BCUT2D eigenvalue weighted by Gasteiger charge is 2.11. The normalized spacial score (nSPS) is 10.5. The van der Waals surface area contributed by atoms with Crippen LogP contribution in [0.3, 0.4) is 0 Å². The van der Waals surface area contributed by atoms with Crippen LogP contribution in [0, 0.1) is 0 Å². The van der Waals surface area contributed by atoms with Crippen molar-refractivity contribution < 1.29 is 9.53 Å². The molecule has 0 unspecified atom stereocenters. The molecule has 0 radical (unpaired) electrons. The molecular formula is C16H20N2O2. The lowest BCUT2D eigenvalue weighted by Crippen LogP contribution is -2.10. The Hall–Kier alpha value is -2.10. The van der Waals surface area contributed by atoms with Gasteiger partial charge in [0.05, 0.1) is 13.0 Å². The maximum absolute atomic E-state index is 12.2. The van der Waals surface area contributed by atoms with Gasteiger partial charge in [0.15, 0.2) is 5.78 Å². The van der Waals surface area contributed by atoms with Gasteiger partial charge in [-0.2, -0.15) is 0 Å². The summed E-state index contributed by atoms with van der Waals surface area (Å²) in [5, 5.41) is 0. The van der Waals surface area contributed by atoms with Crippen LogP contribution in [0.1, 0.15) is 36.5 Å². The molecule has 20 heavy (non-hydrogen) atoms. The number of ketones is 1. The van der Waals surface area contributed by atoms with Crippen molar-refractivity contribution in [1.29, 1.82) is 0 Å². The van der Waals surface area contributed by atoms with Gasteiger partial charge in [-0.05, 0) is 37.6 Å². The third-order valence-electron chi connectivity index (χ3n) is 3.07. The highest BCUT2D eigenvalue weighted by atomic mass is 16.5. The van der Waals surface area contributed by atoms with Crippen LogP contribution >= 0.6 is 0 Å². The Morgan fingerprint density at radius 2 is 2.00 bits per heavy atom. The van der Waals surface area contributed by atoms with Crippen LogP contribution in [-0.2, 0) is 13.0 Å². The van der Waals surface area contributed by atoms with Crippen molar-refractivity contribution in [3.05, 3.63) is 48.0 Å². The number of carbonyl (C=O) groups excluding carboxylic acids is 1. The molecule has 106 valence electrons. The molecule has 0 aliphatic rings. The lowest BCUT2D eigenvalue weighted by molar-refractivity contribution is 0.0989. The highest BCUT2D eigenvalue weighted by Crippen LogP contribution is 2.14. The quantitative estimate of drug-likeness (QED) is 0.727. The average Bonchev–Trinajstić information content (AvgIpc) is 2.88. The zero-order valence-electron chi connectivity index (χ0n) is 12.0. The Balaban J connectivity index is 2.05. The first-order valence-corrected chi connectivity index (χ1v) is 7.00. The average molecular weight is 272 g/mol. The van der Waals surface area contributed by atoms with Crippen molar-refractivity contribution >= 4 is 5.78 Å². The summed E-state index contributed by atoms with van der Waals surface area (Å²) in [4.78, 5) is 16.5. The van der Waals surface area contributed by atoms with Crippen molar-refractivity contribution in [2.45, 2.75) is 33.2 Å². The Kier molecular flexibility index (Phi) is 4.93. The molecule has 2 rings (SSSR count). The molecule has 0 saturated carbocycles. The van der Waals surface area contributed by atoms with Crippen LogP contribution in [0.2, 0.25) is 0 Å². The van der Waals surface area contributed by atoms with Crippen molar-refractivity contribution in [2.24, 2.45) is 0 Å². The first-order chi connectivity index (χ1) is 9.74. The van der Waals surface area contributed by atoms with Gasteiger partial charge < -0.3 is 9.30 Å². The second-order valence-corrected chi connectivity index (χ2v) is 4.59. The molecule has 0 N–H and O–H groups in total. The van der Waals surface area contributed by atoms with Gasteiger partial charge in [-0.15, -0.1) is 0 Å². The minimum absolute atomic E-state index is 0.0802. The Labute approximate surface area is 119 Å². The lowest BCUT2D eigenvalue weighted by atomic mass is 10.1. The number of aryl methyl sites for hydroxylation is 1. The van der Waals surface area contributed by atoms with E-state index < -0.39 is 0 Å². The number of aromatic nitrogens is 2. The molecule has 2 aromatic rings. The zero-order chi connectivity index (χ0) is 14.4. The van der Waals surface area contributed by atoms with Gasteiger partial charge in [-0.25, -0.2) is 4.98 Å². The monoisotopic (exact) mass is 272 g/mol. The first kappa shape index (κ1) is 14.3. The third kappa shape index (κ3) is 3.47. The summed E-state index contributed by atoms with van der Waals surface area (Å²) in [6.45, 7) is 5.57. The Morgan fingerprint density at radius 3 is 2.65 bits per heavy atom. The largest absolute Gasteiger partial charge is 0.494 e. The zero-order valence-corrected chi connectivity index (χ0v) is 12.0. The maximum atomic E-state index is 12.2. The second kappa shape index (κ2) is 6.89. The molecule has 4 heteroatoms. The van der Waals surface area contributed by atoms with E-state index in [4.69, 9.17) is 4.74 Å². The van der Waals surface area contributed by atoms with E-state index in [0.717, 1.165) is 24.5 Å². The molecule has 0 aliphatic heterocycles. The fourth-order valence-electron chi connectivity index (χ4n) is 2.10. The lowest BCUT2D eigenvalue weighted by Gasteiger charge is -2.07. The standard InChI is InChI=1S/C16H20N2O2/c1-3-10-18-11-9-17-16(18)12-15(19)13-5-7-14(8-6-13)20-4-2/h5-9,11H,3-4,10,12H2,1-2H3. The summed E-state index contributed by atoms with van der Waals surface area (Å²) < 4.78 is 7.40. The number of rotatable bonds is 7. The fourth-order valence-corrected chi connectivity index (χ4v) is 2.10. The minimum Gasteiger partial charge on any atom is -0.494 e. The van der Waals surface area contributed by atoms with Crippen molar-refractivity contribution in [3.63, 3.8) is 0 Å². The van der Waals surface area contributed by atoms with Gasteiger partial charge in [0.2, 0.25) is 0 Å². The molecule has 1 aromatic carbocycles. The number of ether oxygens (including phenoxy) is 1. The minimum atomic E-state index is 0.0802. The topological polar surface area (TPSA) is 44.1 Å². The fraction of sp³-hybridized carbons (Fsp3) is 0.375. The van der Waals surface area contributed by atoms with E-state index in [9.17, 15) is 4.79 Å². The number of Topliss-reactive ketones (excluding diaryl/α,β-unsaturated/α-hetero) is 1. The van der Waals surface area contributed by atoms with Crippen LogP contribution in [-0.4, -0.2) is 21.9 Å². The summed E-state index contributed by atoms with van der Waals surface area (Å²) in [5.74, 6) is 1.69. The van der Waals surface area contributed by atoms with Crippen LogP contribution in [0.4, 0.5) is 0 Å². The van der Waals surface area contributed by atoms with E-state index in [-0.39, 0.29) is 5.78 Å².